The molecule has 4 nitrogen and oxygen atoms in total. The predicted molar refractivity (Wildman–Crippen MR) is 87.1 cm³/mol. The van der Waals surface area contributed by atoms with E-state index in [1.165, 1.54) is 6.07 Å². The number of amides is 1. The normalized spacial score (nSPS) is 18.3. The Balaban J connectivity index is 0.00000264. The molecule has 7 heteroatoms. The summed E-state index contributed by atoms with van der Waals surface area (Å²) in [6.07, 6.45) is 3.49. The molecule has 1 aliphatic heterocycles. The summed E-state index contributed by atoms with van der Waals surface area (Å²) in [4.78, 5) is 12.0. The van der Waals surface area contributed by atoms with Crippen molar-refractivity contribution in [2.75, 3.05) is 6.54 Å². The fourth-order valence-corrected chi connectivity index (χ4v) is 2.74. The molecule has 0 spiro atoms. The van der Waals surface area contributed by atoms with Crippen molar-refractivity contribution in [1.82, 2.24) is 10.6 Å². The van der Waals surface area contributed by atoms with E-state index in [2.05, 4.69) is 15.4 Å². The van der Waals surface area contributed by atoms with Crippen LogP contribution in [0.25, 0.3) is 0 Å². The van der Waals surface area contributed by atoms with Crippen molar-refractivity contribution in [3.8, 4) is 5.75 Å². The summed E-state index contributed by atoms with van der Waals surface area (Å²) < 4.78 is 29.3. The van der Waals surface area contributed by atoms with E-state index in [0.29, 0.717) is 18.0 Å². The zero-order chi connectivity index (χ0) is 15.9. The summed E-state index contributed by atoms with van der Waals surface area (Å²) in [5.41, 5.74) is 0.551. The van der Waals surface area contributed by atoms with E-state index in [0.717, 1.165) is 25.8 Å². The van der Waals surface area contributed by atoms with Crippen LogP contribution in [0.5, 0.6) is 5.75 Å². The first-order chi connectivity index (χ1) is 10.6. The average molecular weight is 349 g/mol. The maximum Gasteiger partial charge on any atom is 0.387 e. The molecule has 0 aromatic heterocycles. The summed E-state index contributed by atoms with van der Waals surface area (Å²) in [6, 6.07) is 6.56. The molecule has 1 aromatic rings. The molecular formula is C16H23ClF2N2O2. The molecule has 2 atom stereocenters. The van der Waals surface area contributed by atoms with Gasteiger partial charge in [0.1, 0.15) is 5.75 Å². The van der Waals surface area contributed by atoms with Gasteiger partial charge in [0.15, 0.2) is 0 Å². The van der Waals surface area contributed by atoms with E-state index >= 15 is 0 Å². The number of benzene rings is 1. The molecule has 1 heterocycles. The average Bonchev–Trinajstić information content (AvgIpc) is 2.98. The second kappa shape index (κ2) is 9.67. The van der Waals surface area contributed by atoms with Crippen molar-refractivity contribution in [1.29, 1.82) is 0 Å². The fraction of sp³-hybridized carbons (Fsp3) is 0.562. The lowest BCUT2D eigenvalue weighted by molar-refractivity contribution is -0.121. The first-order valence-electron chi connectivity index (χ1n) is 7.62. The molecule has 0 saturated carbocycles. The van der Waals surface area contributed by atoms with Crippen molar-refractivity contribution < 1.29 is 18.3 Å². The van der Waals surface area contributed by atoms with Gasteiger partial charge in [-0.25, -0.2) is 0 Å². The number of para-hydroxylation sites is 1. The maximum absolute atomic E-state index is 12.4. The van der Waals surface area contributed by atoms with Gasteiger partial charge in [-0.15, -0.1) is 12.4 Å². The minimum absolute atomic E-state index is 0. The molecule has 1 aliphatic rings. The van der Waals surface area contributed by atoms with E-state index in [4.69, 9.17) is 0 Å². The van der Waals surface area contributed by atoms with Crippen LogP contribution in [-0.4, -0.2) is 25.1 Å². The molecule has 0 aliphatic carbocycles. The van der Waals surface area contributed by atoms with Crippen LogP contribution in [0.3, 0.4) is 0 Å². The van der Waals surface area contributed by atoms with Gasteiger partial charge in [0.2, 0.25) is 5.91 Å². The lowest BCUT2D eigenvalue weighted by Crippen LogP contribution is -2.29. The van der Waals surface area contributed by atoms with Crippen molar-refractivity contribution >= 4 is 18.3 Å². The van der Waals surface area contributed by atoms with Crippen LogP contribution < -0.4 is 15.4 Å². The van der Waals surface area contributed by atoms with Crippen LogP contribution >= 0.6 is 12.4 Å². The third kappa shape index (κ3) is 6.31. The third-order valence-corrected chi connectivity index (χ3v) is 3.86. The van der Waals surface area contributed by atoms with Crippen LogP contribution in [0.1, 0.15) is 44.2 Å². The van der Waals surface area contributed by atoms with Gasteiger partial charge in [0.25, 0.3) is 0 Å². The molecule has 0 radical (unpaired) electrons. The highest BCUT2D eigenvalue weighted by Gasteiger charge is 2.18. The number of alkyl halides is 2. The molecule has 0 bridgehead atoms. The summed E-state index contributed by atoms with van der Waals surface area (Å²) in [7, 11) is 0. The van der Waals surface area contributed by atoms with E-state index in [1.807, 2.05) is 0 Å². The van der Waals surface area contributed by atoms with Crippen LogP contribution in [0.4, 0.5) is 8.78 Å². The summed E-state index contributed by atoms with van der Waals surface area (Å²) in [5, 5.41) is 6.19. The van der Waals surface area contributed by atoms with Crippen LogP contribution in [-0.2, 0) is 4.79 Å². The van der Waals surface area contributed by atoms with Crippen LogP contribution in [0, 0.1) is 0 Å². The Kier molecular flexibility index (Phi) is 8.26. The van der Waals surface area contributed by atoms with Gasteiger partial charge in [0, 0.05) is 18.0 Å². The summed E-state index contributed by atoms with van der Waals surface area (Å²) in [6.45, 7) is -0.0991. The standard InChI is InChI=1S/C16H22F2N2O2.ClH/c1-11(13-6-2-3-7-14(13)22-16(17)18)20-15(21)9-8-12-5-4-10-19-12;/h2-3,6-7,11-12,16,19H,4-5,8-10H2,1H3,(H,20,21);1H. The number of carbonyl (C=O) groups excluding carboxylic acids is 1. The van der Waals surface area contributed by atoms with E-state index < -0.39 is 6.61 Å². The molecule has 1 aromatic carbocycles. The number of hydrogen-bond donors (Lipinski definition) is 2. The van der Waals surface area contributed by atoms with Gasteiger partial charge in [-0.1, -0.05) is 18.2 Å². The molecule has 130 valence electrons. The van der Waals surface area contributed by atoms with Crippen molar-refractivity contribution in [3.63, 3.8) is 0 Å². The highest BCUT2D eigenvalue weighted by Crippen LogP contribution is 2.26. The Morgan fingerprint density at radius 2 is 2.17 bits per heavy atom. The van der Waals surface area contributed by atoms with Gasteiger partial charge in [0.05, 0.1) is 6.04 Å². The van der Waals surface area contributed by atoms with Crippen molar-refractivity contribution in [2.24, 2.45) is 0 Å². The molecule has 1 amide bonds. The zero-order valence-electron chi connectivity index (χ0n) is 13.1. The van der Waals surface area contributed by atoms with Crippen molar-refractivity contribution in [3.05, 3.63) is 29.8 Å². The lowest BCUT2D eigenvalue weighted by Gasteiger charge is -2.18. The summed E-state index contributed by atoms with van der Waals surface area (Å²) in [5.74, 6) is 0.0239. The van der Waals surface area contributed by atoms with E-state index in [-0.39, 0.29) is 30.1 Å². The predicted octanol–water partition coefficient (Wildman–Crippen LogP) is 3.42. The van der Waals surface area contributed by atoms with Gasteiger partial charge >= 0.3 is 6.61 Å². The van der Waals surface area contributed by atoms with E-state index in [9.17, 15) is 13.6 Å². The SMILES string of the molecule is CC(NC(=O)CCC1CCCN1)c1ccccc1OC(F)F.Cl. The zero-order valence-corrected chi connectivity index (χ0v) is 13.9. The topological polar surface area (TPSA) is 50.4 Å². The molecule has 2 unspecified atom stereocenters. The second-order valence-corrected chi connectivity index (χ2v) is 5.54. The first kappa shape index (κ1) is 19.6. The first-order valence-corrected chi connectivity index (χ1v) is 7.62. The Morgan fingerprint density at radius 3 is 2.83 bits per heavy atom. The minimum Gasteiger partial charge on any atom is -0.434 e. The number of rotatable bonds is 7. The van der Waals surface area contributed by atoms with Gasteiger partial charge in [-0.05, 0) is 38.8 Å². The largest absolute Gasteiger partial charge is 0.434 e. The number of nitrogens with one attached hydrogen (secondary N) is 2. The number of hydrogen-bond acceptors (Lipinski definition) is 3. The number of halogens is 3. The Labute approximate surface area is 141 Å². The molecule has 2 rings (SSSR count). The van der Waals surface area contributed by atoms with Gasteiger partial charge in [-0.2, -0.15) is 8.78 Å². The van der Waals surface area contributed by atoms with Gasteiger partial charge < -0.3 is 15.4 Å². The Hall–Kier alpha value is -1.40. The van der Waals surface area contributed by atoms with Crippen LogP contribution in [0.2, 0.25) is 0 Å². The summed E-state index contributed by atoms with van der Waals surface area (Å²) >= 11 is 0. The molecular weight excluding hydrogens is 326 g/mol. The molecule has 1 fully saturated rings. The third-order valence-electron chi connectivity index (χ3n) is 3.86. The smallest absolute Gasteiger partial charge is 0.387 e. The highest BCUT2D eigenvalue weighted by molar-refractivity contribution is 5.85. The maximum atomic E-state index is 12.4. The van der Waals surface area contributed by atoms with E-state index in [1.54, 1.807) is 25.1 Å². The quantitative estimate of drug-likeness (QED) is 0.793. The molecule has 2 N–H and O–H groups in total. The number of carbonyl (C=O) groups is 1. The minimum atomic E-state index is -2.88. The lowest BCUT2D eigenvalue weighted by atomic mass is 10.1. The second-order valence-electron chi connectivity index (χ2n) is 5.54. The highest BCUT2D eigenvalue weighted by atomic mass is 35.5. The molecule has 1 saturated heterocycles. The monoisotopic (exact) mass is 348 g/mol. The Morgan fingerprint density at radius 1 is 1.43 bits per heavy atom. The fourth-order valence-electron chi connectivity index (χ4n) is 2.74. The molecule has 23 heavy (non-hydrogen) atoms. The number of ether oxygens (including phenoxy) is 1. The van der Waals surface area contributed by atoms with Crippen molar-refractivity contribution in [2.45, 2.75) is 51.3 Å². The van der Waals surface area contributed by atoms with Crippen LogP contribution in [0.15, 0.2) is 24.3 Å². The van der Waals surface area contributed by atoms with Gasteiger partial charge in [-0.3, -0.25) is 4.79 Å². The Bertz CT molecular complexity index is 497.